The fourth-order valence-corrected chi connectivity index (χ4v) is 2.10. The lowest BCUT2D eigenvalue weighted by molar-refractivity contribution is 0.0000261. The summed E-state index contributed by atoms with van der Waals surface area (Å²) in [6.07, 6.45) is 0.205. The van der Waals surface area contributed by atoms with Crippen LogP contribution in [0.4, 0.5) is 0 Å². The zero-order valence-corrected chi connectivity index (χ0v) is 12.0. The Hall–Kier alpha value is -0.460. The number of hydrogen-bond donors (Lipinski definition) is 1. The van der Waals surface area contributed by atoms with Crippen LogP contribution >= 0.6 is 11.3 Å². The van der Waals surface area contributed by atoms with E-state index in [1.807, 2.05) is 0 Å². The molecule has 1 atom stereocenters. The van der Waals surface area contributed by atoms with Gasteiger partial charge in [0.15, 0.2) is 0 Å². The standard InChI is InChI=1S/C13H23NO3S/c1-12(17-8-7-16-6-5-15-2)10-14-11-13-4-3-9-18-13/h3-4,9,12,14H,5-8,10-11H2,1-2H3. The molecule has 0 bridgehead atoms. The lowest BCUT2D eigenvalue weighted by atomic mass is 10.4. The van der Waals surface area contributed by atoms with Gasteiger partial charge in [0, 0.05) is 25.1 Å². The first-order chi connectivity index (χ1) is 8.83. The third-order valence-electron chi connectivity index (χ3n) is 2.37. The van der Waals surface area contributed by atoms with E-state index in [1.165, 1.54) is 4.88 Å². The summed E-state index contributed by atoms with van der Waals surface area (Å²) in [5.74, 6) is 0. The monoisotopic (exact) mass is 273 g/mol. The van der Waals surface area contributed by atoms with Gasteiger partial charge in [-0.1, -0.05) is 6.07 Å². The molecule has 0 amide bonds. The Morgan fingerprint density at radius 3 is 2.83 bits per heavy atom. The SMILES string of the molecule is COCCOCCOC(C)CNCc1cccs1. The smallest absolute Gasteiger partial charge is 0.0704 e. The van der Waals surface area contributed by atoms with Crippen LogP contribution in [0.15, 0.2) is 17.5 Å². The van der Waals surface area contributed by atoms with E-state index in [1.54, 1.807) is 18.4 Å². The summed E-state index contributed by atoms with van der Waals surface area (Å²) >= 11 is 1.77. The Labute approximate surface area is 113 Å². The highest BCUT2D eigenvalue weighted by Crippen LogP contribution is 2.07. The number of rotatable bonds is 11. The van der Waals surface area contributed by atoms with Crippen molar-refractivity contribution in [2.24, 2.45) is 0 Å². The van der Waals surface area contributed by atoms with Crippen LogP contribution in [-0.2, 0) is 20.8 Å². The van der Waals surface area contributed by atoms with E-state index >= 15 is 0 Å². The van der Waals surface area contributed by atoms with Gasteiger partial charge in [0.25, 0.3) is 0 Å². The minimum Gasteiger partial charge on any atom is -0.382 e. The quantitative estimate of drug-likeness (QED) is 0.625. The topological polar surface area (TPSA) is 39.7 Å². The summed E-state index contributed by atoms with van der Waals surface area (Å²) in [7, 11) is 1.67. The Bertz CT molecular complexity index is 280. The van der Waals surface area contributed by atoms with Crippen molar-refractivity contribution >= 4 is 11.3 Å². The molecule has 0 spiro atoms. The fourth-order valence-electron chi connectivity index (χ4n) is 1.42. The Kier molecular flexibility index (Phi) is 9.06. The molecule has 104 valence electrons. The van der Waals surface area contributed by atoms with E-state index in [0.29, 0.717) is 26.4 Å². The van der Waals surface area contributed by atoms with Crippen LogP contribution in [0.3, 0.4) is 0 Å². The van der Waals surface area contributed by atoms with E-state index in [0.717, 1.165) is 13.1 Å². The zero-order chi connectivity index (χ0) is 13.1. The number of hydrogen-bond acceptors (Lipinski definition) is 5. The minimum absolute atomic E-state index is 0.205. The number of thiophene rings is 1. The van der Waals surface area contributed by atoms with Crippen molar-refractivity contribution in [3.63, 3.8) is 0 Å². The second-order valence-corrected chi connectivity index (χ2v) is 5.03. The van der Waals surface area contributed by atoms with Crippen LogP contribution in [0.5, 0.6) is 0 Å². The number of ether oxygens (including phenoxy) is 3. The first kappa shape index (κ1) is 15.6. The largest absolute Gasteiger partial charge is 0.382 e. The van der Waals surface area contributed by atoms with Crippen LogP contribution in [0.1, 0.15) is 11.8 Å². The van der Waals surface area contributed by atoms with Crippen molar-refractivity contribution in [2.75, 3.05) is 40.1 Å². The molecular formula is C13H23NO3S. The van der Waals surface area contributed by atoms with Gasteiger partial charge in [-0.25, -0.2) is 0 Å². The second-order valence-electron chi connectivity index (χ2n) is 4.00. The molecule has 1 heterocycles. The molecule has 1 unspecified atom stereocenters. The Balaban J connectivity index is 1.89. The molecule has 0 fully saturated rings. The molecule has 1 rings (SSSR count). The molecule has 1 N–H and O–H groups in total. The molecule has 0 aliphatic heterocycles. The van der Waals surface area contributed by atoms with Crippen molar-refractivity contribution in [2.45, 2.75) is 19.6 Å². The highest BCUT2D eigenvalue weighted by Gasteiger charge is 2.01. The molecule has 0 aliphatic carbocycles. The normalized spacial score (nSPS) is 12.8. The maximum absolute atomic E-state index is 5.62. The second kappa shape index (κ2) is 10.5. The van der Waals surface area contributed by atoms with Crippen molar-refractivity contribution in [3.8, 4) is 0 Å². The predicted molar refractivity (Wildman–Crippen MR) is 74.1 cm³/mol. The lowest BCUT2D eigenvalue weighted by Gasteiger charge is -2.13. The van der Waals surface area contributed by atoms with Gasteiger partial charge in [0.05, 0.1) is 32.5 Å². The highest BCUT2D eigenvalue weighted by atomic mass is 32.1. The van der Waals surface area contributed by atoms with Crippen molar-refractivity contribution in [1.82, 2.24) is 5.32 Å². The fraction of sp³-hybridized carbons (Fsp3) is 0.692. The molecular weight excluding hydrogens is 250 g/mol. The molecule has 5 heteroatoms. The summed E-state index contributed by atoms with van der Waals surface area (Å²) in [6.45, 7) is 6.36. The maximum atomic E-state index is 5.62. The van der Waals surface area contributed by atoms with E-state index in [-0.39, 0.29) is 6.10 Å². The first-order valence-electron chi connectivity index (χ1n) is 6.24. The predicted octanol–water partition coefficient (Wildman–Crippen LogP) is 1.91. The van der Waals surface area contributed by atoms with Crippen LogP contribution in [0, 0.1) is 0 Å². The van der Waals surface area contributed by atoms with Crippen LogP contribution < -0.4 is 5.32 Å². The Morgan fingerprint density at radius 2 is 2.11 bits per heavy atom. The van der Waals surface area contributed by atoms with Gasteiger partial charge in [-0.2, -0.15) is 0 Å². The van der Waals surface area contributed by atoms with Crippen LogP contribution in [0.2, 0.25) is 0 Å². The average molecular weight is 273 g/mol. The molecule has 18 heavy (non-hydrogen) atoms. The van der Waals surface area contributed by atoms with Gasteiger partial charge < -0.3 is 19.5 Å². The van der Waals surface area contributed by atoms with Gasteiger partial charge in [-0.05, 0) is 18.4 Å². The molecule has 0 radical (unpaired) electrons. The van der Waals surface area contributed by atoms with Gasteiger partial charge in [-0.15, -0.1) is 11.3 Å². The third kappa shape index (κ3) is 7.79. The van der Waals surface area contributed by atoms with Crippen molar-refractivity contribution in [3.05, 3.63) is 22.4 Å². The van der Waals surface area contributed by atoms with Crippen molar-refractivity contribution < 1.29 is 14.2 Å². The van der Waals surface area contributed by atoms with Gasteiger partial charge in [0.1, 0.15) is 0 Å². The summed E-state index contributed by atoms with van der Waals surface area (Å²) in [5, 5.41) is 5.46. The van der Waals surface area contributed by atoms with E-state index in [2.05, 4.69) is 29.8 Å². The first-order valence-corrected chi connectivity index (χ1v) is 7.12. The van der Waals surface area contributed by atoms with E-state index < -0.39 is 0 Å². The molecule has 0 saturated carbocycles. The molecule has 0 aliphatic rings. The number of nitrogens with one attached hydrogen (secondary N) is 1. The summed E-state index contributed by atoms with van der Waals surface area (Å²) in [5.41, 5.74) is 0. The molecule has 0 aromatic carbocycles. The number of methoxy groups -OCH3 is 1. The molecule has 0 saturated heterocycles. The summed E-state index contributed by atoms with van der Waals surface area (Å²) in [4.78, 5) is 1.35. The van der Waals surface area contributed by atoms with Gasteiger partial charge in [0.2, 0.25) is 0 Å². The van der Waals surface area contributed by atoms with Gasteiger partial charge >= 0.3 is 0 Å². The van der Waals surface area contributed by atoms with E-state index in [4.69, 9.17) is 14.2 Å². The van der Waals surface area contributed by atoms with E-state index in [9.17, 15) is 0 Å². The maximum Gasteiger partial charge on any atom is 0.0704 e. The molecule has 4 nitrogen and oxygen atoms in total. The zero-order valence-electron chi connectivity index (χ0n) is 11.2. The Morgan fingerprint density at radius 1 is 1.28 bits per heavy atom. The summed E-state index contributed by atoms with van der Waals surface area (Å²) in [6, 6.07) is 4.20. The summed E-state index contributed by atoms with van der Waals surface area (Å²) < 4.78 is 15.8. The minimum atomic E-state index is 0.205. The van der Waals surface area contributed by atoms with Gasteiger partial charge in [-0.3, -0.25) is 0 Å². The molecule has 1 aromatic rings. The average Bonchev–Trinajstić information content (AvgIpc) is 2.87. The van der Waals surface area contributed by atoms with Crippen LogP contribution in [0.25, 0.3) is 0 Å². The van der Waals surface area contributed by atoms with Crippen molar-refractivity contribution in [1.29, 1.82) is 0 Å². The molecule has 1 aromatic heterocycles. The highest BCUT2D eigenvalue weighted by molar-refractivity contribution is 7.09. The lowest BCUT2D eigenvalue weighted by Crippen LogP contribution is -2.27. The third-order valence-corrected chi connectivity index (χ3v) is 3.25. The van der Waals surface area contributed by atoms with Crippen LogP contribution in [-0.4, -0.2) is 46.2 Å².